The summed E-state index contributed by atoms with van der Waals surface area (Å²) in [5.74, 6) is 0. The monoisotopic (exact) mass is 281 g/mol. The summed E-state index contributed by atoms with van der Waals surface area (Å²) in [5.41, 5.74) is 10.2. The molecule has 0 saturated carbocycles. The van der Waals surface area contributed by atoms with Crippen LogP contribution in [0.2, 0.25) is 0 Å². The minimum absolute atomic E-state index is 0.444. The van der Waals surface area contributed by atoms with Gasteiger partial charge in [-0.1, -0.05) is 30.3 Å². The van der Waals surface area contributed by atoms with Crippen LogP contribution in [0.15, 0.2) is 48.8 Å². The Bertz CT molecular complexity index is 720. The fourth-order valence-corrected chi connectivity index (χ4v) is 3.28. The molecule has 0 aliphatic rings. The average Bonchev–Trinajstić information content (AvgIpc) is 2.92. The number of nitrogens with zero attached hydrogens (tertiary/aromatic N) is 2. The van der Waals surface area contributed by atoms with Crippen molar-refractivity contribution in [3.8, 4) is 21.0 Å². The summed E-state index contributed by atoms with van der Waals surface area (Å²) >= 11 is 1.67. The predicted octanol–water partition coefficient (Wildman–Crippen LogP) is 3.64. The average molecular weight is 281 g/mol. The molecule has 1 aromatic carbocycles. The highest BCUT2D eigenvalue weighted by Crippen LogP contribution is 2.36. The maximum Gasteiger partial charge on any atom is 0.126 e. The normalized spacial score (nSPS) is 10.7. The number of aryl methyl sites for hydroxylation is 1. The van der Waals surface area contributed by atoms with Crippen LogP contribution in [-0.4, -0.2) is 9.97 Å². The van der Waals surface area contributed by atoms with Crippen LogP contribution in [0.25, 0.3) is 21.0 Å². The van der Waals surface area contributed by atoms with Crippen molar-refractivity contribution in [3.05, 3.63) is 60.0 Å². The van der Waals surface area contributed by atoms with E-state index < -0.39 is 0 Å². The van der Waals surface area contributed by atoms with Gasteiger partial charge in [-0.25, -0.2) is 4.98 Å². The summed E-state index contributed by atoms with van der Waals surface area (Å²) in [5, 5.41) is 0.981. The second kappa shape index (κ2) is 5.53. The maximum absolute atomic E-state index is 5.85. The van der Waals surface area contributed by atoms with Crippen LogP contribution in [0.5, 0.6) is 0 Å². The molecule has 0 spiro atoms. The van der Waals surface area contributed by atoms with Gasteiger partial charge < -0.3 is 5.73 Å². The van der Waals surface area contributed by atoms with Crippen LogP contribution in [0.1, 0.15) is 11.3 Å². The van der Waals surface area contributed by atoms with E-state index in [1.807, 2.05) is 30.5 Å². The van der Waals surface area contributed by atoms with Gasteiger partial charge in [-0.15, -0.1) is 11.3 Å². The molecule has 20 heavy (non-hydrogen) atoms. The van der Waals surface area contributed by atoms with Crippen LogP contribution in [0.4, 0.5) is 0 Å². The fraction of sp³-hybridized carbons (Fsp3) is 0.125. The Balaban J connectivity index is 2.13. The lowest BCUT2D eigenvalue weighted by molar-refractivity contribution is 1.01. The molecule has 2 heterocycles. The second-order valence-corrected chi connectivity index (χ2v) is 5.55. The number of hydrogen-bond acceptors (Lipinski definition) is 4. The molecule has 2 N–H and O–H groups in total. The van der Waals surface area contributed by atoms with E-state index in [4.69, 9.17) is 5.73 Å². The van der Waals surface area contributed by atoms with Crippen molar-refractivity contribution in [3.63, 3.8) is 0 Å². The third kappa shape index (κ3) is 2.35. The van der Waals surface area contributed by atoms with Crippen LogP contribution in [0, 0.1) is 6.92 Å². The zero-order valence-corrected chi connectivity index (χ0v) is 12.0. The van der Waals surface area contributed by atoms with Gasteiger partial charge in [0.1, 0.15) is 5.01 Å². The van der Waals surface area contributed by atoms with Gasteiger partial charge in [0.25, 0.3) is 0 Å². The van der Waals surface area contributed by atoms with E-state index in [-0.39, 0.29) is 0 Å². The summed E-state index contributed by atoms with van der Waals surface area (Å²) in [4.78, 5) is 10.0. The van der Waals surface area contributed by atoms with Crippen LogP contribution in [-0.2, 0) is 6.54 Å². The van der Waals surface area contributed by atoms with Crippen molar-refractivity contribution < 1.29 is 0 Å². The fourth-order valence-electron chi connectivity index (χ4n) is 2.11. The van der Waals surface area contributed by atoms with E-state index in [0.717, 1.165) is 21.1 Å². The zero-order valence-electron chi connectivity index (χ0n) is 11.2. The highest BCUT2D eigenvalue weighted by Gasteiger charge is 2.14. The molecular formula is C16H15N3S. The minimum Gasteiger partial charge on any atom is -0.325 e. The van der Waals surface area contributed by atoms with Gasteiger partial charge >= 0.3 is 0 Å². The second-order valence-electron chi connectivity index (χ2n) is 4.56. The lowest BCUT2D eigenvalue weighted by atomic mass is 10.1. The van der Waals surface area contributed by atoms with Crippen molar-refractivity contribution in [1.29, 1.82) is 0 Å². The number of pyridine rings is 1. The Morgan fingerprint density at radius 3 is 2.65 bits per heavy atom. The van der Waals surface area contributed by atoms with E-state index >= 15 is 0 Å². The van der Waals surface area contributed by atoms with Crippen molar-refractivity contribution in [1.82, 2.24) is 9.97 Å². The third-order valence-electron chi connectivity index (χ3n) is 3.20. The number of aromatic nitrogens is 2. The molecule has 0 saturated heterocycles. The summed E-state index contributed by atoms with van der Waals surface area (Å²) in [6.07, 6.45) is 3.66. The Hall–Kier alpha value is -2.04. The van der Waals surface area contributed by atoms with Gasteiger partial charge in [-0.05, 0) is 24.1 Å². The standard InChI is InChI=1S/C16H15N3S/c1-11-7-8-18-10-13(11)16-19-14(9-17)15(20-16)12-5-3-2-4-6-12/h2-8,10H,9,17H2,1H3. The van der Waals surface area contributed by atoms with Crippen molar-refractivity contribution in [2.24, 2.45) is 5.73 Å². The minimum atomic E-state index is 0.444. The van der Waals surface area contributed by atoms with E-state index in [9.17, 15) is 0 Å². The maximum atomic E-state index is 5.85. The molecule has 0 aliphatic carbocycles. The Morgan fingerprint density at radius 2 is 1.95 bits per heavy atom. The summed E-state index contributed by atoms with van der Waals surface area (Å²) < 4.78 is 0. The van der Waals surface area contributed by atoms with Gasteiger partial charge in [-0.2, -0.15) is 0 Å². The van der Waals surface area contributed by atoms with Crippen LogP contribution < -0.4 is 5.73 Å². The molecule has 2 aromatic heterocycles. The first-order valence-corrected chi connectivity index (χ1v) is 7.27. The molecule has 0 atom stereocenters. The van der Waals surface area contributed by atoms with E-state index in [2.05, 4.69) is 29.0 Å². The van der Waals surface area contributed by atoms with Crippen LogP contribution in [0.3, 0.4) is 0 Å². The lowest BCUT2D eigenvalue weighted by Gasteiger charge is -1.99. The SMILES string of the molecule is Cc1ccncc1-c1nc(CN)c(-c2ccccc2)s1. The molecule has 100 valence electrons. The molecule has 3 aromatic rings. The first-order valence-electron chi connectivity index (χ1n) is 6.46. The largest absolute Gasteiger partial charge is 0.325 e. The summed E-state index contributed by atoms with van der Waals surface area (Å²) in [6.45, 7) is 2.52. The predicted molar refractivity (Wildman–Crippen MR) is 83.4 cm³/mol. The highest BCUT2D eigenvalue weighted by molar-refractivity contribution is 7.18. The summed E-state index contributed by atoms with van der Waals surface area (Å²) in [6, 6.07) is 12.3. The Kier molecular flexibility index (Phi) is 3.58. The molecule has 0 unspecified atom stereocenters. The van der Waals surface area contributed by atoms with E-state index in [1.54, 1.807) is 17.5 Å². The van der Waals surface area contributed by atoms with Gasteiger partial charge in [0.15, 0.2) is 0 Å². The Labute approximate surface area is 122 Å². The smallest absolute Gasteiger partial charge is 0.126 e. The number of thiazole rings is 1. The van der Waals surface area contributed by atoms with Crippen molar-refractivity contribution in [2.75, 3.05) is 0 Å². The Morgan fingerprint density at radius 1 is 1.15 bits per heavy atom. The third-order valence-corrected chi connectivity index (χ3v) is 4.38. The zero-order chi connectivity index (χ0) is 13.9. The van der Waals surface area contributed by atoms with Gasteiger partial charge in [0.2, 0.25) is 0 Å². The van der Waals surface area contributed by atoms with Gasteiger partial charge in [-0.3, -0.25) is 4.98 Å². The molecular weight excluding hydrogens is 266 g/mol. The van der Waals surface area contributed by atoms with Crippen molar-refractivity contribution >= 4 is 11.3 Å². The number of hydrogen-bond donors (Lipinski definition) is 1. The van der Waals surface area contributed by atoms with Crippen LogP contribution >= 0.6 is 11.3 Å². The molecule has 0 bridgehead atoms. The van der Waals surface area contributed by atoms with E-state index in [0.29, 0.717) is 6.54 Å². The number of benzene rings is 1. The highest BCUT2D eigenvalue weighted by atomic mass is 32.1. The molecule has 0 aliphatic heterocycles. The first-order chi connectivity index (χ1) is 9.79. The van der Waals surface area contributed by atoms with Gasteiger partial charge in [0.05, 0.1) is 10.6 Å². The van der Waals surface area contributed by atoms with Gasteiger partial charge in [0, 0.05) is 24.5 Å². The topological polar surface area (TPSA) is 51.8 Å². The molecule has 3 rings (SSSR count). The lowest BCUT2D eigenvalue weighted by Crippen LogP contribution is -1.98. The molecule has 3 nitrogen and oxygen atoms in total. The molecule has 0 amide bonds. The van der Waals surface area contributed by atoms with Crippen molar-refractivity contribution in [2.45, 2.75) is 13.5 Å². The molecule has 0 fully saturated rings. The quantitative estimate of drug-likeness (QED) is 0.797. The number of nitrogens with two attached hydrogens (primary N) is 1. The van der Waals surface area contributed by atoms with E-state index in [1.165, 1.54) is 11.1 Å². The summed E-state index contributed by atoms with van der Waals surface area (Å²) in [7, 11) is 0. The number of rotatable bonds is 3. The molecule has 4 heteroatoms. The first kappa shape index (κ1) is 13.0. The molecule has 0 radical (unpaired) electrons.